The van der Waals surface area contributed by atoms with Gasteiger partial charge in [0.05, 0.1) is 16.7 Å². The van der Waals surface area contributed by atoms with E-state index in [-0.39, 0.29) is 16.9 Å². The van der Waals surface area contributed by atoms with Crippen LogP contribution in [0.3, 0.4) is 0 Å². The van der Waals surface area contributed by atoms with Crippen LogP contribution in [0.15, 0.2) is 60.7 Å². The molecule has 0 amide bonds. The zero-order valence-electron chi connectivity index (χ0n) is 25.2. The number of esters is 2. The summed E-state index contributed by atoms with van der Waals surface area (Å²) in [6.45, 7) is -0.896. The second-order valence-corrected chi connectivity index (χ2v) is 11.0. The van der Waals surface area contributed by atoms with Gasteiger partial charge in [-0.3, -0.25) is 4.79 Å². The van der Waals surface area contributed by atoms with Gasteiger partial charge in [0.1, 0.15) is 59.6 Å². The average Bonchev–Trinajstić information content (AvgIpc) is 3.06. The molecule has 11 N–H and O–H groups in total. The third-order valence-electron chi connectivity index (χ3n) is 7.76. The van der Waals surface area contributed by atoms with Gasteiger partial charge in [-0.15, -0.1) is 0 Å². The summed E-state index contributed by atoms with van der Waals surface area (Å²) in [6, 6.07) is 9.53. The molecule has 4 aromatic rings. The van der Waals surface area contributed by atoms with Crippen molar-refractivity contribution in [3.8, 4) is 51.7 Å². The molecule has 0 aromatic heterocycles. The van der Waals surface area contributed by atoms with Gasteiger partial charge in [0.25, 0.3) is 0 Å². The Morgan fingerprint density at radius 2 is 1.20 bits per heavy atom. The van der Waals surface area contributed by atoms with Crippen molar-refractivity contribution in [3.05, 3.63) is 88.5 Å². The van der Waals surface area contributed by atoms with E-state index in [2.05, 4.69) is 0 Å². The molecule has 5 rings (SSSR count). The third kappa shape index (κ3) is 6.63. The molecule has 0 saturated carbocycles. The second kappa shape index (κ2) is 13.6. The Labute approximate surface area is 279 Å². The highest BCUT2D eigenvalue weighted by molar-refractivity contribution is 6.13. The monoisotopic (exact) mass is 696 g/mol. The van der Waals surface area contributed by atoms with Crippen LogP contribution in [-0.2, 0) is 14.2 Å². The molecule has 17 heteroatoms. The topological polar surface area (TPSA) is 301 Å². The minimum absolute atomic E-state index is 0.165. The summed E-state index contributed by atoms with van der Waals surface area (Å²) in [5, 5.41) is 113. The Kier molecular flexibility index (Phi) is 9.48. The lowest BCUT2D eigenvalue weighted by Crippen LogP contribution is -2.57. The summed E-state index contributed by atoms with van der Waals surface area (Å²) < 4.78 is 16.4. The van der Waals surface area contributed by atoms with E-state index in [9.17, 15) is 70.6 Å². The highest BCUT2D eigenvalue weighted by Crippen LogP contribution is 2.47. The summed E-state index contributed by atoms with van der Waals surface area (Å²) in [7, 11) is 0. The second-order valence-electron chi connectivity index (χ2n) is 11.0. The standard InChI is InChI=1S/C33H28O17/c34-15-4-1-12(2-5-15)33(47)50-31-29(45)27(43)22(11-48-32(46)14-8-20(39)26(42)21(40)9-14)49-30(31)24-19(38)10-18(37)23(28(24)44)25(41)13-3-6-16(35)17(36)7-13/h1-10,22,27,29-31,34-40,42-45H,11H2/t22-,27-,29+,30+,31-/m1/s1. The van der Waals surface area contributed by atoms with Gasteiger partial charge in [0, 0.05) is 11.6 Å². The fourth-order valence-corrected chi connectivity index (χ4v) is 5.16. The number of aliphatic hydroxyl groups excluding tert-OH is 2. The van der Waals surface area contributed by atoms with Gasteiger partial charge >= 0.3 is 11.9 Å². The summed E-state index contributed by atoms with van der Waals surface area (Å²) in [6.07, 6.45) is -9.85. The molecule has 1 fully saturated rings. The summed E-state index contributed by atoms with van der Waals surface area (Å²) in [4.78, 5) is 39.2. The first-order valence-corrected chi connectivity index (χ1v) is 14.4. The number of ketones is 1. The highest BCUT2D eigenvalue weighted by atomic mass is 16.6. The van der Waals surface area contributed by atoms with Crippen LogP contribution >= 0.6 is 0 Å². The Morgan fingerprint density at radius 3 is 1.82 bits per heavy atom. The molecule has 1 heterocycles. The van der Waals surface area contributed by atoms with Gasteiger partial charge < -0.3 is 70.4 Å². The molecule has 17 nitrogen and oxygen atoms in total. The van der Waals surface area contributed by atoms with Crippen LogP contribution in [0.5, 0.6) is 51.7 Å². The largest absolute Gasteiger partial charge is 0.508 e. The van der Waals surface area contributed by atoms with Crippen molar-refractivity contribution in [2.24, 2.45) is 0 Å². The Morgan fingerprint density at radius 1 is 0.600 bits per heavy atom. The minimum Gasteiger partial charge on any atom is -0.508 e. The van der Waals surface area contributed by atoms with Crippen molar-refractivity contribution in [2.75, 3.05) is 6.61 Å². The highest BCUT2D eigenvalue weighted by Gasteiger charge is 2.50. The summed E-state index contributed by atoms with van der Waals surface area (Å²) in [5.41, 5.74) is -2.60. The third-order valence-corrected chi connectivity index (χ3v) is 7.76. The maximum absolute atomic E-state index is 13.4. The first-order valence-electron chi connectivity index (χ1n) is 14.4. The van der Waals surface area contributed by atoms with Gasteiger partial charge in [-0.1, -0.05) is 0 Å². The normalized spacial score (nSPS) is 20.2. The van der Waals surface area contributed by atoms with E-state index >= 15 is 0 Å². The average molecular weight is 697 g/mol. The van der Waals surface area contributed by atoms with Crippen LogP contribution in [-0.4, -0.2) is 105 Å². The van der Waals surface area contributed by atoms with Gasteiger partial charge in [0.15, 0.2) is 34.9 Å². The van der Waals surface area contributed by atoms with Crippen LogP contribution in [0.25, 0.3) is 0 Å². The molecular formula is C33H28O17. The SMILES string of the molecule is O=C(OC[C@H]1O[C@@H](c2c(O)cc(O)c(C(=O)c3ccc(O)c(O)c3)c2O)[C@H](OC(=O)c2ccc(O)cc2)[C@@H](O)[C@@H]1O)c1cc(O)c(O)c(O)c1. The molecule has 1 aliphatic rings. The molecule has 262 valence electrons. The smallest absolute Gasteiger partial charge is 0.338 e. The number of hydrogen-bond donors (Lipinski definition) is 11. The molecule has 0 radical (unpaired) electrons. The van der Waals surface area contributed by atoms with E-state index in [1.165, 1.54) is 0 Å². The van der Waals surface area contributed by atoms with Gasteiger partial charge in [-0.05, 0) is 54.6 Å². The predicted molar refractivity (Wildman–Crippen MR) is 163 cm³/mol. The van der Waals surface area contributed by atoms with Crippen LogP contribution in [0.4, 0.5) is 0 Å². The zero-order valence-corrected chi connectivity index (χ0v) is 25.2. The maximum Gasteiger partial charge on any atom is 0.338 e. The molecule has 1 aliphatic heterocycles. The zero-order chi connectivity index (χ0) is 36.6. The van der Waals surface area contributed by atoms with E-state index in [1.807, 2.05) is 0 Å². The molecule has 1 saturated heterocycles. The fraction of sp³-hybridized carbons (Fsp3) is 0.182. The number of aromatic hydroxyl groups is 9. The number of ether oxygens (including phenoxy) is 3. The lowest BCUT2D eigenvalue weighted by Gasteiger charge is -2.42. The number of carbonyl (C=O) groups excluding carboxylic acids is 3. The Bertz CT molecular complexity index is 1950. The van der Waals surface area contributed by atoms with Gasteiger partial charge in [-0.25, -0.2) is 9.59 Å². The Hall–Kier alpha value is -6.43. The lowest BCUT2D eigenvalue weighted by molar-refractivity contribution is -0.232. The van der Waals surface area contributed by atoms with Crippen LogP contribution in [0.1, 0.15) is 48.3 Å². The number of hydrogen-bond acceptors (Lipinski definition) is 17. The van der Waals surface area contributed by atoms with Gasteiger partial charge in [0.2, 0.25) is 5.78 Å². The first-order chi connectivity index (χ1) is 23.6. The minimum atomic E-state index is -2.12. The van der Waals surface area contributed by atoms with Crippen LogP contribution in [0.2, 0.25) is 0 Å². The van der Waals surface area contributed by atoms with Crippen molar-refractivity contribution in [1.82, 2.24) is 0 Å². The van der Waals surface area contributed by atoms with Crippen molar-refractivity contribution in [2.45, 2.75) is 30.5 Å². The fourth-order valence-electron chi connectivity index (χ4n) is 5.16. The lowest BCUT2D eigenvalue weighted by atomic mass is 9.88. The van der Waals surface area contributed by atoms with E-state index in [1.54, 1.807) is 0 Å². The molecule has 0 aliphatic carbocycles. The van der Waals surface area contributed by atoms with Crippen molar-refractivity contribution < 1.29 is 84.8 Å². The number of rotatable bonds is 8. The number of phenols is 9. The summed E-state index contributed by atoms with van der Waals surface area (Å²) in [5.74, 6) is -10.8. The van der Waals surface area contributed by atoms with E-state index in [0.29, 0.717) is 6.07 Å². The van der Waals surface area contributed by atoms with E-state index in [0.717, 1.165) is 54.6 Å². The van der Waals surface area contributed by atoms with E-state index < -0.39 is 118 Å². The number of aliphatic hydroxyl groups is 2. The maximum atomic E-state index is 13.4. The molecular weight excluding hydrogens is 668 g/mol. The molecule has 0 bridgehead atoms. The van der Waals surface area contributed by atoms with E-state index in [4.69, 9.17) is 14.2 Å². The molecule has 0 unspecified atom stereocenters. The quantitative estimate of drug-likeness (QED) is 0.0706. The molecule has 0 spiro atoms. The predicted octanol–water partition coefficient (Wildman–Crippen LogP) is 1.51. The summed E-state index contributed by atoms with van der Waals surface area (Å²) >= 11 is 0. The molecule has 4 aromatic carbocycles. The number of carbonyl (C=O) groups is 3. The molecule has 5 atom stereocenters. The number of benzene rings is 4. The number of phenolic OH excluding ortho intramolecular Hbond substituents is 9. The van der Waals surface area contributed by atoms with Crippen molar-refractivity contribution in [3.63, 3.8) is 0 Å². The van der Waals surface area contributed by atoms with Crippen LogP contribution in [0, 0.1) is 0 Å². The van der Waals surface area contributed by atoms with Crippen molar-refractivity contribution in [1.29, 1.82) is 0 Å². The first kappa shape index (κ1) is 34.9. The van der Waals surface area contributed by atoms with Crippen LogP contribution < -0.4 is 0 Å². The van der Waals surface area contributed by atoms with Gasteiger partial charge in [-0.2, -0.15) is 0 Å². The molecule has 50 heavy (non-hydrogen) atoms. The van der Waals surface area contributed by atoms with Crippen molar-refractivity contribution >= 4 is 17.7 Å². The Balaban J connectivity index is 1.54.